The van der Waals surface area contributed by atoms with E-state index in [9.17, 15) is 4.79 Å². The summed E-state index contributed by atoms with van der Waals surface area (Å²) in [5.74, 6) is -0.907. The Morgan fingerprint density at radius 1 is 1.64 bits per heavy atom. The Kier molecular flexibility index (Phi) is 4.54. The average Bonchev–Trinajstić information content (AvgIpc) is 1.86. The van der Waals surface area contributed by atoms with E-state index in [1.807, 2.05) is 13.8 Å². The van der Waals surface area contributed by atoms with Gasteiger partial charge in [0.25, 0.3) is 0 Å². The highest BCUT2D eigenvalue weighted by molar-refractivity contribution is 5.85. The van der Waals surface area contributed by atoms with Gasteiger partial charge in [0.15, 0.2) is 0 Å². The third-order valence-corrected chi connectivity index (χ3v) is 1.28. The van der Waals surface area contributed by atoms with E-state index in [0.717, 1.165) is 0 Å². The highest BCUT2D eigenvalue weighted by Gasteiger charge is 2.02. The molecule has 0 unspecified atom stereocenters. The van der Waals surface area contributed by atoms with Gasteiger partial charge in [-0.25, -0.2) is 4.79 Å². The van der Waals surface area contributed by atoms with Gasteiger partial charge >= 0.3 is 5.97 Å². The summed E-state index contributed by atoms with van der Waals surface area (Å²) in [6, 6.07) is 0.400. The first-order valence-electron chi connectivity index (χ1n) is 3.68. The van der Waals surface area contributed by atoms with Crippen LogP contribution in [-0.4, -0.2) is 23.7 Å². The predicted octanol–water partition coefficient (Wildman–Crippen LogP) is 1.02. The van der Waals surface area contributed by atoms with Crippen molar-refractivity contribution in [3.8, 4) is 0 Å². The molecule has 2 N–H and O–H groups in total. The number of nitrogens with one attached hydrogen (secondary N) is 1. The molecule has 0 aliphatic carbocycles. The van der Waals surface area contributed by atoms with Crippen LogP contribution in [-0.2, 0) is 4.79 Å². The number of aliphatic carboxylic acids is 1. The molecule has 0 saturated heterocycles. The largest absolute Gasteiger partial charge is 0.478 e. The summed E-state index contributed by atoms with van der Waals surface area (Å²) >= 11 is 0. The molecule has 0 amide bonds. The quantitative estimate of drug-likeness (QED) is 0.586. The molecule has 0 aromatic carbocycles. The van der Waals surface area contributed by atoms with Gasteiger partial charge in [0.1, 0.15) is 0 Å². The lowest BCUT2D eigenvalue weighted by molar-refractivity contribution is -0.132. The van der Waals surface area contributed by atoms with Gasteiger partial charge in [0, 0.05) is 11.6 Å². The fourth-order valence-corrected chi connectivity index (χ4v) is 0.619. The van der Waals surface area contributed by atoms with Crippen molar-refractivity contribution < 1.29 is 9.90 Å². The predicted molar refractivity (Wildman–Crippen MR) is 44.5 cm³/mol. The second-order valence-corrected chi connectivity index (χ2v) is 2.77. The Morgan fingerprint density at radius 3 is 2.55 bits per heavy atom. The molecule has 0 spiro atoms. The topological polar surface area (TPSA) is 49.3 Å². The first-order valence-corrected chi connectivity index (χ1v) is 3.68. The highest BCUT2D eigenvalue weighted by Crippen LogP contribution is 1.95. The molecule has 64 valence electrons. The minimum absolute atomic E-state index is 0.262. The monoisotopic (exact) mass is 157 g/mol. The van der Waals surface area contributed by atoms with Crippen molar-refractivity contribution in [2.45, 2.75) is 26.3 Å². The molecule has 0 fully saturated rings. The minimum atomic E-state index is -0.907. The third kappa shape index (κ3) is 5.61. The molecule has 0 aliphatic rings. The molecule has 0 atom stereocenters. The van der Waals surface area contributed by atoms with Gasteiger partial charge in [-0.2, -0.15) is 0 Å². The van der Waals surface area contributed by atoms with Crippen LogP contribution in [0.3, 0.4) is 0 Å². The maximum absolute atomic E-state index is 10.2. The molecule has 0 heterocycles. The molecule has 3 nitrogen and oxygen atoms in total. The summed E-state index contributed by atoms with van der Waals surface area (Å²) in [4.78, 5) is 10.2. The fourth-order valence-electron chi connectivity index (χ4n) is 0.619. The van der Waals surface area contributed by atoms with Crippen LogP contribution in [0.2, 0.25) is 0 Å². The maximum Gasteiger partial charge on any atom is 0.330 e. The van der Waals surface area contributed by atoms with Gasteiger partial charge in [0.05, 0.1) is 0 Å². The van der Waals surface area contributed by atoms with Gasteiger partial charge < -0.3 is 10.4 Å². The SMILES string of the molecule is C=C(CCNC(C)C)C(=O)O. The van der Waals surface area contributed by atoms with E-state index < -0.39 is 5.97 Å². The number of hydrogen-bond donors (Lipinski definition) is 2. The molecule has 0 radical (unpaired) electrons. The van der Waals surface area contributed by atoms with Gasteiger partial charge in [0.2, 0.25) is 0 Å². The molecule has 3 heteroatoms. The zero-order chi connectivity index (χ0) is 8.85. The van der Waals surface area contributed by atoms with E-state index in [-0.39, 0.29) is 5.57 Å². The summed E-state index contributed by atoms with van der Waals surface area (Å²) in [5.41, 5.74) is 0.262. The van der Waals surface area contributed by atoms with Crippen LogP contribution in [0.1, 0.15) is 20.3 Å². The van der Waals surface area contributed by atoms with E-state index in [4.69, 9.17) is 5.11 Å². The van der Waals surface area contributed by atoms with Crippen LogP contribution in [0.4, 0.5) is 0 Å². The minimum Gasteiger partial charge on any atom is -0.478 e. The van der Waals surface area contributed by atoms with Crippen molar-refractivity contribution in [2.75, 3.05) is 6.54 Å². The second kappa shape index (κ2) is 4.91. The van der Waals surface area contributed by atoms with Crippen LogP contribution in [0.15, 0.2) is 12.2 Å². The van der Waals surface area contributed by atoms with Gasteiger partial charge in [-0.1, -0.05) is 20.4 Å². The third-order valence-electron chi connectivity index (χ3n) is 1.28. The lowest BCUT2D eigenvalue weighted by atomic mass is 10.2. The standard InChI is InChI=1S/C8H15NO2/c1-6(2)9-5-4-7(3)8(10)11/h6,9H,3-5H2,1-2H3,(H,10,11). The van der Waals surface area contributed by atoms with E-state index >= 15 is 0 Å². The molecule has 0 saturated carbocycles. The Balaban J connectivity index is 3.40. The summed E-state index contributed by atoms with van der Waals surface area (Å²) < 4.78 is 0. The second-order valence-electron chi connectivity index (χ2n) is 2.77. The average molecular weight is 157 g/mol. The van der Waals surface area contributed by atoms with Crippen LogP contribution < -0.4 is 5.32 Å². The molecule has 0 aromatic heterocycles. The van der Waals surface area contributed by atoms with E-state index in [1.54, 1.807) is 0 Å². The van der Waals surface area contributed by atoms with Crippen LogP contribution in [0.25, 0.3) is 0 Å². The molecule has 0 aliphatic heterocycles. The molecule has 11 heavy (non-hydrogen) atoms. The van der Waals surface area contributed by atoms with Gasteiger partial charge in [-0.05, 0) is 13.0 Å². The Labute approximate surface area is 67.1 Å². The zero-order valence-corrected chi connectivity index (χ0v) is 7.05. The normalized spacial score (nSPS) is 10.1. The molecular weight excluding hydrogens is 142 g/mol. The number of carbonyl (C=O) groups is 1. The summed E-state index contributed by atoms with van der Waals surface area (Å²) in [6.07, 6.45) is 0.507. The van der Waals surface area contributed by atoms with Crippen LogP contribution in [0, 0.1) is 0 Å². The summed E-state index contributed by atoms with van der Waals surface area (Å²) in [6.45, 7) is 8.13. The number of carboxylic acids is 1. The van der Waals surface area contributed by atoms with Crippen molar-refractivity contribution in [3.05, 3.63) is 12.2 Å². The number of carboxylic acid groups (broad SMARTS) is 1. The maximum atomic E-state index is 10.2. The van der Waals surface area contributed by atoms with Gasteiger partial charge in [-0.15, -0.1) is 0 Å². The van der Waals surface area contributed by atoms with Crippen LogP contribution in [0.5, 0.6) is 0 Å². The highest BCUT2D eigenvalue weighted by atomic mass is 16.4. The summed E-state index contributed by atoms with van der Waals surface area (Å²) in [5, 5.41) is 11.5. The van der Waals surface area contributed by atoms with Crippen molar-refractivity contribution in [1.29, 1.82) is 0 Å². The first-order chi connectivity index (χ1) is 5.04. The zero-order valence-electron chi connectivity index (χ0n) is 7.05. The van der Waals surface area contributed by atoms with Crippen molar-refractivity contribution in [3.63, 3.8) is 0 Å². The lowest BCUT2D eigenvalue weighted by Crippen LogP contribution is -2.24. The Bertz CT molecular complexity index is 152. The number of rotatable bonds is 5. The number of hydrogen-bond acceptors (Lipinski definition) is 2. The molecule has 0 aromatic rings. The van der Waals surface area contributed by atoms with Crippen molar-refractivity contribution >= 4 is 5.97 Å². The van der Waals surface area contributed by atoms with E-state index in [1.165, 1.54) is 0 Å². The molecular formula is C8H15NO2. The van der Waals surface area contributed by atoms with Crippen LogP contribution >= 0.6 is 0 Å². The Hall–Kier alpha value is -0.830. The van der Waals surface area contributed by atoms with Gasteiger partial charge in [-0.3, -0.25) is 0 Å². The lowest BCUT2D eigenvalue weighted by Gasteiger charge is -2.06. The first kappa shape index (κ1) is 10.2. The van der Waals surface area contributed by atoms with Crippen molar-refractivity contribution in [2.24, 2.45) is 0 Å². The Morgan fingerprint density at radius 2 is 2.18 bits per heavy atom. The smallest absolute Gasteiger partial charge is 0.330 e. The van der Waals surface area contributed by atoms with Crippen molar-refractivity contribution in [1.82, 2.24) is 5.32 Å². The molecule has 0 bridgehead atoms. The summed E-state index contributed by atoms with van der Waals surface area (Å²) in [7, 11) is 0. The fraction of sp³-hybridized carbons (Fsp3) is 0.625. The van der Waals surface area contributed by atoms with E-state index in [0.29, 0.717) is 19.0 Å². The molecule has 0 rings (SSSR count). The van der Waals surface area contributed by atoms with E-state index in [2.05, 4.69) is 11.9 Å².